The van der Waals surface area contributed by atoms with Crippen molar-refractivity contribution in [3.05, 3.63) is 24.3 Å². The van der Waals surface area contributed by atoms with Crippen LogP contribution in [0.5, 0.6) is 0 Å². The molecule has 0 saturated carbocycles. The zero-order chi connectivity index (χ0) is 15.7. The Balaban J connectivity index is 1.70. The number of aliphatic hydroxyl groups excluding tert-OH is 1. The molecule has 7 heteroatoms. The number of rotatable bonds is 4. The van der Waals surface area contributed by atoms with Crippen molar-refractivity contribution in [2.75, 3.05) is 31.6 Å². The van der Waals surface area contributed by atoms with E-state index in [-0.39, 0.29) is 32.0 Å². The Hall–Kier alpha value is -1.73. The topological polar surface area (TPSA) is 56.7 Å². The highest BCUT2D eigenvalue weighted by Gasteiger charge is 2.35. The number of likely N-dealkylation sites (tertiary alicyclic amines) is 1. The molecular weight excluding hydrogens is 305 g/mol. The molecule has 2 heterocycles. The van der Waals surface area contributed by atoms with Gasteiger partial charge < -0.3 is 14.9 Å². The fourth-order valence-corrected chi connectivity index (χ4v) is 3.65. The normalized spacial score (nSPS) is 21.5. The van der Waals surface area contributed by atoms with E-state index in [2.05, 4.69) is 4.98 Å². The first-order valence-corrected chi connectivity index (χ1v) is 8.01. The number of alkyl halides is 1. The number of aromatic nitrogens is 1. The van der Waals surface area contributed by atoms with E-state index < -0.39 is 12.2 Å². The number of hydrogen-bond donors (Lipinski definition) is 1. The highest BCUT2D eigenvalue weighted by molar-refractivity contribution is 7.22. The summed E-state index contributed by atoms with van der Waals surface area (Å²) in [4.78, 5) is 20.0. The standard InChI is InChI=1S/C15H18FN3O2S/c1-18(15-17-12-4-2-3-5-13(12)22-15)8-14(21)19-7-10(16)6-11(19)9-20/h2-5,10-11,20H,6-9H2,1H3/t10-,11-/m0/s1. The van der Waals surface area contributed by atoms with Crippen LogP contribution < -0.4 is 4.90 Å². The molecule has 1 fully saturated rings. The van der Waals surface area contributed by atoms with Gasteiger partial charge in [-0.15, -0.1) is 0 Å². The molecule has 1 aromatic carbocycles. The number of carbonyl (C=O) groups excluding carboxylic acids is 1. The summed E-state index contributed by atoms with van der Waals surface area (Å²) in [6.07, 6.45) is -0.832. The van der Waals surface area contributed by atoms with E-state index >= 15 is 0 Å². The van der Waals surface area contributed by atoms with Gasteiger partial charge in [-0.3, -0.25) is 4.79 Å². The molecule has 0 aliphatic carbocycles. The summed E-state index contributed by atoms with van der Waals surface area (Å²) in [7, 11) is 1.80. The van der Waals surface area contributed by atoms with Crippen LogP contribution in [0.3, 0.4) is 0 Å². The van der Waals surface area contributed by atoms with Crippen molar-refractivity contribution >= 4 is 32.6 Å². The van der Waals surface area contributed by atoms with Crippen molar-refractivity contribution in [1.29, 1.82) is 0 Å². The molecule has 118 valence electrons. The zero-order valence-electron chi connectivity index (χ0n) is 12.3. The average molecular weight is 323 g/mol. The number of benzene rings is 1. The second-order valence-corrected chi connectivity index (χ2v) is 6.54. The Bertz CT molecular complexity index is 645. The van der Waals surface area contributed by atoms with Crippen LogP contribution in [0, 0.1) is 0 Å². The number of amides is 1. The van der Waals surface area contributed by atoms with E-state index in [4.69, 9.17) is 0 Å². The van der Waals surface area contributed by atoms with Crippen LogP contribution in [0.4, 0.5) is 9.52 Å². The summed E-state index contributed by atoms with van der Waals surface area (Å²) in [5, 5.41) is 10.0. The van der Waals surface area contributed by atoms with Gasteiger partial charge in [-0.25, -0.2) is 9.37 Å². The number of anilines is 1. The average Bonchev–Trinajstić information content (AvgIpc) is 3.10. The highest BCUT2D eigenvalue weighted by atomic mass is 32.1. The summed E-state index contributed by atoms with van der Waals surface area (Å²) >= 11 is 1.52. The molecule has 0 bridgehead atoms. The molecule has 3 rings (SSSR count). The van der Waals surface area contributed by atoms with Gasteiger partial charge in [0, 0.05) is 13.5 Å². The highest BCUT2D eigenvalue weighted by Crippen LogP contribution is 2.28. The van der Waals surface area contributed by atoms with Gasteiger partial charge in [-0.1, -0.05) is 23.5 Å². The molecule has 0 radical (unpaired) electrons. The van der Waals surface area contributed by atoms with E-state index in [1.165, 1.54) is 16.2 Å². The first-order chi connectivity index (χ1) is 10.6. The van der Waals surface area contributed by atoms with Crippen LogP contribution in [0.25, 0.3) is 10.2 Å². The number of para-hydroxylation sites is 1. The second-order valence-electron chi connectivity index (χ2n) is 5.54. The van der Waals surface area contributed by atoms with Crippen molar-refractivity contribution in [3.8, 4) is 0 Å². The summed E-state index contributed by atoms with van der Waals surface area (Å²) in [5.74, 6) is -0.180. The Morgan fingerprint density at radius 3 is 3.05 bits per heavy atom. The van der Waals surface area contributed by atoms with Crippen LogP contribution in [0.15, 0.2) is 24.3 Å². The zero-order valence-corrected chi connectivity index (χ0v) is 13.1. The first kappa shape index (κ1) is 15.2. The molecular formula is C15H18FN3O2S. The summed E-state index contributed by atoms with van der Waals surface area (Å²) < 4.78 is 14.5. The number of halogens is 1. The van der Waals surface area contributed by atoms with Crippen LogP contribution in [-0.2, 0) is 4.79 Å². The summed E-state index contributed by atoms with van der Waals surface area (Å²) in [5.41, 5.74) is 0.903. The Kier molecular flexibility index (Phi) is 4.26. The lowest BCUT2D eigenvalue weighted by Gasteiger charge is -2.25. The molecule has 0 unspecified atom stereocenters. The van der Waals surface area contributed by atoms with Crippen molar-refractivity contribution in [3.63, 3.8) is 0 Å². The molecule has 1 aliphatic heterocycles. The van der Waals surface area contributed by atoms with Gasteiger partial charge in [-0.2, -0.15) is 0 Å². The lowest BCUT2D eigenvalue weighted by molar-refractivity contribution is -0.131. The Morgan fingerprint density at radius 1 is 1.55 bits per heavy atom. The number of aliphatic hydroxyl groups is 1. The van der Waals surface area contributed by atoms with Gasteiger partial charge in [0.2, 0.25) is 5.91 Å². The fraction of sp³-hybridized carbons (Fsp3) is 0.467. The quantitative estimate of drug-likeness (QED) is 0.930. The van der Waals surface area contributed by atoms with Crippen LogP contribution in [0.2, 0.25) is 0 Å². The van der Waals surface area contributed by atoms with Gasteiger partial charge in [0.25, 0.3) is 0 Å². The molecule has 2 atom stereocenters. The predicted octanol–water partition coefficient (Wildman–Crippen LogP) is 1.66. The SMILES string of the molecule is CN(CC(=O)N1C[C@@H](F)C[C@H]1CO)c1nc2ccccc2s1. The summed E-state index contributed by atoms with van der Waals surface area (Å²) in [6, 6.07) is 7.39. The molecule has 1 amide bonds. The molecule has 1 aromatic heterocycles. The van der Waals surface area contributed by atoms with Gasteiger partial charge in [0.1, 0.15) is 6.17 Å². The maximum atomic E-state index is 13.4. The molecule has 1 N–H and O–H groups in total. The molecule has 1 saturated heterocycles. The van der Waals surface area contributed by atoms with Crippen LogP contribution >= 0.6 is 11.3 Å². The van der Waals surface area contributed by atoms with Crippen molar-refractivity contribution in [2.24, 2.45) is 0 Å². The minimum absolute atomic E-state index is 0.0672. The number of thiazole rings is 1. The monoisotopic (exact) mass is 323 g/mol. The van der Waals surface area contributed by atoms with Crippen LogP contribution in [-0.4, -0.2) is 59.9 Å². The van der Waals surface area contributed by atoms with Crippen LogP contribution in [0.1, 0.15) is 6.42 Å². The molecule has 22 heavy (non-hydrogen) atoms. The second kappa shape index (κ2) is 6.18. The fourth-order valence-electron chi connectivity index (χ4n) is 2.72. The summed E-state index contributed by atoms with van der Waals surface area (Å²) in [6.45, 7) is -0.00218. The third kappa shape index (κ3) is 2.91. The number of nitrogens with zero attached hydrogens (tertiary/aromatic N) is 3. The number of likely N-dealkylation sites (N-methyl/N-ethyl adjacent to an activating group) is 1. The maximum absolute atomic E-state index is 13.4. The van der Waals surface area contributed by atoms with Gasteiger partial charge in [0.05, 0.1) is 36.0 Å². The van der Waals surface area contributed by atoms with Crippen molar-refractivity contribution < 1.29 is 14.3 Å². The molecule has 5 nitrogen and oxygen atoms in total. The lowest BCUT2D eigenvalue weighted by atomic mass is 10.2. The number of carbonyl (C=O) groups is 1. The van der Waals surface area contributed by atoms with E-state index in [9.17, 15) is 14.3 Å². The lowest BCUT2D eigenvalue weighted by Crippen LogP contribution is -2.43. The van der Waals surface area contributed by atoms with E-state index in [0.717, 1.165) is 15.3 Å². The number of hydrogen-bond acceptors (Lipinski definition) is 5. The Labute approximate surface area is 132 Å². The third-order valence-corrected chi connectivity index (χ3v) is 5.03. The predicted molar refractivity (Wildman–Crippen MR) is 85.0 cm³/mol. The molecule has 0 spiro atoms. The van der Waals surface area contributed by atoms with E-state index in [1.54, 1.807) is 11.9 Å². The maximum Gasteiger partial charge on any atom is 0.242 e. The minimum atomic E-state index is -1.05. The molecule has 2 aromatic rings. The Morgan fingerprint density at radius 2 is 2.32 bits per heavy atom. The van der Waals surface area contributed by atoms with Crippen molar-refractivity contribution in [2.45, 2.75) is 18.6 Å². The third-order valence-electron chi connectivity index (χ3n) is 3.88. The first-order valence-electron chi connectivity index (χ1n) is 7.19. The smallest absolute Gasteiger partial charge is 0.242 e. The molecule has 1 aliphatic rings. The van der Waals surface area contributed by atoms with Gasteiger partial charge in [-0.05, 0) is 12.1 Å². The number of fused-ring (bicyclic) bond motifs is 1. The minimum Gasteiger partial charge on any atom is -0.394 e. The van der Waals surface area contributed by atoms with Gasteiger partial charge >= 0.3 is 0 Å². The van der Waals surface area contributed by atoms with E-state index in [0.29, 0.717) is 0 Å². The largest absolute Gasteiger partial charge is 0.394 e. The van der Waals surface area contributed by atoms with Gasteiger partial charge in [0.15, 0.2) is 5.13 Å². The van der Waals surface area contributed by atoms with E-state index in [1.807, 2.05) is 24.3 Å². The van der Waals surface area contributed by atoms with Crippen molar-refractivity contribution in [1.82, 2.24) is 9.88 Å².